The van der Waals surface area contributed by atoms with Crippen LogP contribution < -0.4 is 15.5 Å². The number of hydrogen-bond acceptors (Lipinski definition) is 5. The van der Waals surface area contributed by atoms with Crippen LogP contribution in [0, 0.1) is 0 Å². The molecule has 0 aliphatic carbocycles. The van der Waals surface area contributed by atoms with Gasteiger partial charge >= 0.3 is 0 Å². The summed E-state index contributed by atoms with van der Waals surface area (Å²) in [6, 6.07) is 0. The number of rotatable bonds is 7. The van der Waals surface area contributed by atoms with Gasteiger partial charge in [0, 0.05) is 44.6 Å². The Labute approximate surface area is 155 Å². The van der Waals surface area contributed by atoms with Gasteiger partial charge < -0.3 is 20.3 Å². The summed E-state index contributed by atoms with van der Waals surface area (Å²) in [6.45, 7) is 9.83. The van der Waals surface area contributed by atoms with Crippen LogP contribution in [-0.4, -0.2) is 55.9 Å². The first-order valence-corrected chi connectivity index (χ1v) is 10.4. The zero-order chi connectivity index (χ0) is 17.5. The number of anilines is 1. The average molecular weight is 366 g/mol. The van der Waals surface area contributed by atoms with E-state index in [9.17, 15) is 0 Å². The fourth-order valence-corrected chi connectivity index (χ4v) is 4.24. The molecule has 140 valence electrons. The van der Waals surface area contributed by atoms with Gasteiger partial charge in [0.15, 0.2) is 11.1 Å². The second kappa shape index (κ2) is 8.85. The largest absolute Gasteiger partial charge is 0.373 e. The first-order chi connectivity index (χ1) is 12.2. The molecule has 2 fully saturated rings. The number of aliphatic imine (C=N–C) groups is 1. The number of thiazole rings is 1. The fraction of sp³-hybridized carbons (Fsp3) is 0.778. The number of guanidine groups is 1. The van der Waals surface area contributed by atoms with Crippen molar-refractivity contribution in [1.29, 1.82) is 0 Å². The lowest BCUT2D eigenvalue weighted by atomic mass is 10.0. The van der Waals surface area contributed by atoms with Gasteiger partial charge in [-0.25, -0.2) is 4.98 Å². The second-order valence-corrected chi connectivity index (χ2v) is 7.93. The number of aromatic nitrogens is 1. The monoisotopic (exact) mass is 365 g/mol. The lowest BCUT2D eigenvalue weighted by Gasteiger charge is -2.21. The van der Waals surface area contributed by atoms with Gasteiger partial charge in [0.05, 0.1) is 17.8 Å². The van der Waals surface area contributed by atoms with E-state index in [0.29, 0.717) is 6.54 Å². The van der Waals surface area contributed by atoms with Crippen LogP contribution in [0.5, 0.6) is 0 Å². The van der Waals surface area contributed by atoms with E-state index < -0.39 is 0 Å². The fourth-order valence-electron chi connectivity index (χ4n) is 3.32. The molecule has 0 aromatic carbocycles. The summed E-state index contributed by atoms with van der Waals surface area (Å²) >= 11 is 1.77. The highest BCUT2D eigenvalue weighted by Gasteiger charge is 2.29. The molecule has 1 unspecified atom stereocenters. The summed E-state index contributed by atoms with van der Waals surface area (Å²) in [5.74, 6) is 0.870. The highest BCUT2D eigenvalue weighted by atomic mass is 32.1. The van der Waals surface area contributed by atoms with E-state index >= 15 is 0 Å². The molecule has 2 aliphatic rings. The molecule has 0 saturated carbocycles. The molecule has 3 heterocycles. The van der Waals surface area contributed by atoms with E-state index in [1.807, 2.05) is 0 Å². The molecule has 2 aliphatic heterocycles. The smallest absolute Gasteiger partial charge is 0.191 e. The van der Waals surface area contributed by atoms with Gasteiger partial charge in [-0.05, 0) is 39.5 Å². The maximum absolute atomic E-state index is 5.82. The third kappa shape index (κ3) is 5.31. The van der Waals surface area contributed by atoms with Gasteiger partial charge in [0.1, 0.15) is 0 Å². The number of ether oxygens (including phenoxy) is 1. The Bertz CT molecular complexity index is 562. The minimum absolute atomic E-state index is 0.0953. The Morgan fingerprint density at radius 3 is 2.92 bits per heavy atom. The molecule has 3 rings (SSSR count). The normalized spacial score (nSPS) is 24.1. The Balaban J connectivity index is 1.46. The van der Waals surface area contributed by atoms with Crippen molar-refractivity contribution in [2.45, 2.75) is 51.6 Å². The summed E-state index contributed by atoms with van der Waals surface area (Å²) in [5, 5.41) is 10.1. The van der Waals surface area contributed by atoms with E-state index in [4.69, 9.17) is 14.7 Å². The van der Waals surface area contributed by atoms with Gasteiger partial charge in [-0.15, -0.1) is 11.3 Å². The van der Waals surface area contributed by atoms with Gasteiger partial charge in [0.2, 0.25) is 0 Å². The predicted molar refractivity (Wildman–Crippen MR) is 105 cm³/mol. The molecular weight excluding hydrogens is 334 g/mol. The SMILES string of the molecule is CCNC(=NCC1(C)CCCO1)NCCc1csc(N2CCCC2)n1. The minimum atomic E-state index is -0.0953. The van der Waals surface area contributed by atoms with Crippen molar-refractivity contribution < 1.29 is 4.74 Å². The molecule has 7 heteroatoms. The molecular formula is C18H31N5OS. The summed E-state index contributed by atoms with van der Waals surface area (Å²) in [6.07, 6.45) is 5.74. The van der Waals surface area contributed by atoms with Crippen LogP contribution in [0.25, 0.3) is 0 Å². The average Bonchev–Trinajstić information content (AvgIpc) is 3.34. The number of nitrogens with one attached hydrogen (secondary N) is 2. The topological polar surface area (TPSA) is 61.8 Å². The standard InChI is InChI=1S/C18H31N5OS/c1-3-19-16(21-14-18(2)8-6-12-24-18)20-9-7-15-13-25-17(22-15)23-10-4-5-11-23/h13H,3-12,14H2,1-2H3,(H2,19,20,21). The predicted octanol–water partition coefficient (Wildman–Crippen LogP) is 2.41. The molecule has 25 heavy (non-hydrogen) atoms. The van der Waals surface area contributed by atoms with Crippen LogP contribution in [0.3, 0.4) is 0 Å². The van der Waals surface area contributed by atoms with Crippen molar-refractivity contribution in [1.82, 2.24) is 15.6 Å². The van der Waals surface area contributed by atoms with Crippen molar-refractivity contribution in [3.63, 3.8) is 0 Å². The van der Waals surface area contributed by atoms with Crippen molar-refractivity contribution in [3.05, 3.63) is 11.1 Å². The van der Waals surface area contributed by atoms with Crippen LogP contribution in [-0.2, 0) is 11.2 Å². The summed E-state index contributed by atoms with van der Waals surface area (Å²) in [4.78, 5) is 11.9. The van der Waals surface area contributed by atoms with Crippen molar-refractivity contribution >= 4 is 22.4 Å². The molecule has 0 amide bonds. The van der Waals surface area contributed by atoms with Crippen LogP contribution in [0.2, 0.25) is 0 Å². The number of hydrogen-bond donors (Lipinski definition) is 2. The molecule has 2 N–H and O–H groups in total. The van der Waals surface area contributed by atoms with Gasteiger partial charge in [0.25, 0.3) is 0 Å². The molecule has 1 atom stereocenters. The quantitative estimate of drug-likeness (QED) is 0.574. The van der Waals surface area contributed by atoms with Gasteiger partial charge in [-0.2, -0.15) is 0 Å². The van der Waals surface area contributed by atoms with Gasteiger partial charge in [-0.1, -0.05) is 0 Å². The van der Waals surface area contributed by atoms with E-state index in [-0.39, 0.29) is 5.60 Å². The van der Waals surface area contributed by atoms with E-state index in [2.05, 4.69) is 34.8 Å². The Morgan fingerprint density at radius 2 is 2.20 bits per heavy atom. The van der Waals surface area contributed by atoms with Crippen molar-refractivity contribution in [2.24, 2.45) is 4.99 Å². The maximum Gasteiger partial charge on any atom is 0.191 e. The molecule has 1 aromatic heterocycles. The molecule has 0 radical (unpaired) electrons. The summed E-state index contributed by atoms with van der Waals surface area (Å²) in [7, 11) is 0. The maximum atomic E-state index is 5.82. The Morgan fingerprint density at radius 1 is 1.36 bits per heavy atom. The van der Waals surface area contributed by atoms with Crippen LogP contribution in [0.4, 0.5) is 5.13 Å². The Kier molecular flexibility index (Phi) is 6.53. The molecule has 0 bridgehead atoms. The van der Waals surface area contributed by atoms with E-state index in [0.717, 1.165) is 58.0 Å². The molecule has 6 nitrogen and oxygen atoms in total. The summed E-state index contributed by atoms with van der Waals surface area (Å²) < 4.78 is 5.82. The number of nitrogens with zero attached hydrogens (tertiary/aromatic N) is 3. The van der Waals surface area contributed by atoms with E-state index in [1.165, 1.54) is 23.7 Å². The highest BCUT2D eigenvalue weighted by molar-refractivity contribution is 7.13. The Hall–Kier alpha value is -1.34. The lowest BCUT2D eigenvalue weighted by molar-refractivity contribution is 0.0283. The first-order valence-electron chi connectivity index (χ1n) is 9.54. The van der Waals surface area contributed by atoms with Crippen LogP contribution in [0.1, 0.15) is 45.2 Å². The molecule has 2 saturated heterocycles. The van der Waals surface area contributed by atoms with Crippen molar-refractivity contribution in [3.8, 4) is 0 Å². The van der Waals surface area contributed by atoms with Crippen LogP contribution in [0.15, 0.2) is 10.4 Å². The highest BCUT2D eigenvalue weighted by Crippen LogP contribution is 2.25. The second-order valence-electron chi connectivity index (χ2n) is 7.09. The van der Waals surface area contributed by atoms with Crippen LogP contribution >= 0.6 is 11.3 Å². The van der Waals surface area contributed by atoms with E-state index in [1.54, 1.807) is 11.3 Å². The first kappa shape index (κ1) is 18.5. The summed E-state index contributed by atoms with van der Waals surface area (Å²) in [5.41, 5.74) is 1.07. The zero-order valence-corrected chi connectivity index (χ0v) is 16.3. The third-order valence-corrected chi connectivity index (χ3v) is 5.76. The van der Waals surface area contributed by atoms with Crippen molar-refractivity contribution in [2.75, 3.05) is 44.2 Å². The molecule has 0 spiro atoms. The molecule has 1 aromatic rings. The minimum Gasteiger partial charge on any atom is -0.373 e. The lowest BCUT2D eigenvalue weighted by Crippen LogP contribution is -2.40. The zero-order valence-electron chi connectivity index (χ0n) is 15.5. The van der Waals surface area contributed by atoms with Gasteiger partial charge in [-0.3, -0.25) is 4.99 Å². The third-order valence-electron chi connectivity index (χ3n) is 4.81.